The molecule has 118 valence electrons. The Morgan fingerprint density at radius 1 is 1.33 bits per heavy atom. The second kappa shape index (κ2) is 6.48. The smallest absolute Gasteiger partial charge is 0.258 e. The fourth-order valence-electron chi connectivity index (χ4n) is 2.10. The quantitative estimate of drug-likeness (QED) is 0.792. The second-order valence-electron chi connectivity index (χ2n) is 4.85. The third-order valence-electron chi connectivity index (χ3n) is 3.23. The number of hydrogen-bond donors (Lipinski definition) is 1. The van der Waals surface area contributed by atoms with Crippen molar-refractivity contribution >= 4 is 23.3 Å². The van der Waals surface area contributed by atoms with Crippen LogP contribution in [0.25, 0.3) is 5.82 Å². The van der Waals surface area contributed by atoms with Crippen molar-refractivity contribution in [3.8, 4) is 11.9 Å². The van der Waals surface area contributed by atoms with Gasteiger partial charge in [0, 0.05) is 18.5 Å². The minimum atomic E-state index is -0.359. The number of aryl methyl sites for hydroxylation is 1. The number of halogens is 1. The average molecular weight is 339 g/mol. The van der Waals surface area contributed by atoms with Crippen molar-refractivity contribution in [3.63, 3.8) is 0 Å². The highest BCUT2D eigenvalue weighted by molar-refractivity contribution is 6.32. The molecule has 0 aliphatic heterocycles. The number of carbonyl (C=O) groups excluding carboxylic acids is 1. The van der Waals surface area contributed by atoms with Crippen molar-refractivity contribution in [3.05, 3.63) is 64.7 Å². The number of nitrogens with one attached hydrogen (secondary N) is 1. The molecule has 0 unspecified atom stereocenters. The van der Waals surface area contributed by atoms with Crippen LogP contribution in [0, 0.1) is 18.3 Å². The summed E-state index contributed by atoms with van der Waals surface area (Å²) in [6.07, 6.45) is 3.25. The van der Waals surface area contributed by atoms with Gasteiger partial charge in [-0.15, -0.1) is 5.10 Å². The fraction of sp³-hybridized carbons (Fsp3) is 0.0625. The van der Waals surface area contributed by atoms with Gasteiger partial charge in [0.2, 0.25) is 0 Å². The average Bonchev–Trinajstić information content (AvgIpc) is 3.03. The van der Waals surface area contributed by atoms with Gasteiger partial charge in [0.15, 0.2) is 11.6 Å². The van der Waals surface area contributed by atoms with Crippen molar-refractivity contribution in [1.82, 2.24) is 19.7 Å². The number of anilines is 1. The Balaban J connectivity index is 1.81. The lowest BCUT2D eigenvalue weighted by atomic mass is 10.1. The van der Waals surface area contributed by atoms with E-state index >= 15 is 0 Å². The number of carbonyl (C=O) groups is 1. The zero-order valence-corrected chi connectivity index (χ0v) is 13.3. The Labute approximate surface area is 142 Å². The van der Waals surface area contributed by atoms with Crippen molar-refractivity contribution < 1.29 is 4.79 Å². The summed E-state index contributed by atoms with van der Waals surface area (Å²) in [5.41, 5.74) is 1.11. The highest BCUT2D eigenvalue weighted by Crippen LogP contribution is 2.18. The predicted molar refractivity (Wildman–Crippen MR) is 88.0 cm³/mol. The van der Waals surface area contributed by atoms with Gasteiger partial charge in [-0.3, -0.25) is 4.79 Å². The minimum absolute atomic E-state index is 0.262. The maximum Gasteiger partial charge on any atom is 0.258 e. The van der Waals surface area contributed by atoms with Gasteiger partial charge in [-0.25, -0.2) is 14.6 Å². The first-order valence-electron chi connectivity index (χ1n) is 6.94. The largest absolute Gasteiger partial charge is 0.305 e. The minimum Gasteiger partial charge on any atom is -0.305 e. The maximum atomic E-state index is 12.3. The number of hydrogen-bond acceptors (Lipinski definition) is 5. The first-order chi connectivity index (χ1) is 11.6. The van der Waals surface area contributed by atoms with E-state index in [9.17, 15) is 4.79 Å². The molecular weight excluding hydrogens is 328 g/mol. The molecule has 24 heavy (non-hydrogen) atoms. The summed E-state index contributed by atoms with van der Waals surface area (Å²) in [5, 5.41) is 16.2. The highest BCUT2D eigenvalue weighted by Gasteiger charge is 2.13. The van der Waals surface area contributed by atoms with E-state index in [-0.39, 0.29) is 11.6 Å². The Hall–Kier alpha value is -3.24. The molecule has 0 radical (unpaired) electrons. The van der Waals surface area contributed by atoms with Gasteiger partial charge in [0.1, 0.15) is 11.8 Å². The molecule has 1 amide bonds. The molecule has 0 atom stereocenters. The van der Waals surface area contributed by atoms with Crippen LogP contribution in [0.3, 0.4) is 0 Å². The van der Waals surface area contributed by atoms with Crippen molar-refractivity contribution in [2.24, 2.45) is 0 Å². The Morgan fingerprint density at radius 2 is 2.17 bits per heavy atom. The molecular formula is C16H11ClN6O. The summed E-state index contributed by atoms with van der Waals surface area (Å²) >= 11 is 6.07. The van der Waals surface area contributed by atoms with E-state index in [2.05, 4.69) is 20.4 Å². The van der Waals surface area contributed by atoms with Crippen LogP contribution in [0.4, 0.5) is 5.82 Å². The molecule has 3 rings (SSSR count). The number of aromatic nitrogens is 4. The molecule has 0 aliphatic carbocycles. The van der Waals surface area contributed by atoms with Gasteiger partial charge >= 0.3 is 0 Å². The molecule has 3 aromatic heterocycles. The van der Waals surface area contributed by atoms with Gasteiger partial charge in [0.05, 0.1) is 16.3 Å². The van der Waals surface area contributed by atoms with E-state index in [1.807, 2.05) is 6.07 Å². The molecule has 0 aliphatic rings. The predicted octanol–water partition coefficient (Wildman–Crippen LogP) is 2.75. The van der Waals surface area contributed by atoms with E-state index in [1.165, 1.54) is 10.7 Å². The first kappa shape index (κ1) is 15.6. The third kappa shape index (κ3) is 3.09. The lowest BCUT2D eigenvalue weighted by molar-refractivity contribution is 0.102. The molecule has 1 N–H and O–H groups in total. The first-order valence-corrected chi connectivity index (χ1v) is 7.32. The van der Waals surface area contributed by atoms with E-state index in [1.54, 1.807) is 43.6 Å². The summed E-state index contributed by atoms with van der Waals surface area (Å²) in [5.74, 6) is 0.461. The monoisotopic (exact) mass is 338 g/mol. The van der Waals surface area contributed by atoms with Crippen molar-refractivity contribution in [1.29, 1.82) is 5.26 Å². The number of nitriles is 1. The summed E-state index contributed by atoms with van der Waals surface area (Å²) in [6, 6.07) is 10.0. The van der Waals surface area contributed by atoms with Crippen LogP contribution in [0.5, 0.6) is 0 Å². The zero-order valence-electron chi connectivity index (χ0n) is 12.6. The summed E-state index contributed by atoms with van der Waals surface area (Å²) in [4.78, 5) is 20.5. The Kier molecular flexibility index (Phi) is 4.22. The van der Waals surface area contributed by atoms with E-state index in [0.29, 0.717) is 27.9 Å². The molecule has 0 spiro atoms. The fourth-order valence-corrected chi connectivity index (χ4v) is 2.31. The van der Waals surface area contributed by atoms with Gasteiger partial charge in [-0.1, -0.05) is 11.6 Å². The number of nitrogens with zero attached hydrogens (tertiary/aromatic N) is 5. The SMILES string of the molecule is Cc1nc(C#N)ccc1C(=O)Nc1ccn(-c2ncccc2Cl)n1. The normalized spacial score (nSPS) is 10.2. The summed E-state index contributed by atoms with van der Waals surface area (Å²) in [6.45, 7) is 1.67. The van der Waals surface area contributed by atoms with Crippen molar-refractivity contribution in [2.45, 2.75) is 6.92 Å². The molecule has 0 fully saturated rings. The van der Waals surface area contributed by atoms with Gasteiger partial charge < -0.3 is 5.32 Å². The molecule has 0 saturated heterocycles. The van der Waals surface area contributed by atoms with E-state index in [0.717, 1.165) is 0 Å². The Bertz CT molecular complexity index is 959. The van der Waals surface area contributed by atoms with Crippen LogP contribution < -0.4 is 5.32 Å². The standard InChI is InChI=1S/C16H11ClN6O/c1-10-12(5-4-11(9-18)20-10)16(24)21-14-6-8-23(22-14)15-13(17)3-2-7-19-15/h2-8H,1H3,(H,21,22,24). The van der Waals surface area contributed by atoms with Crippen LogP contribution in [0.15, 0.2) is 42.7 Å². The lowest BCUT2D eigenvalue weighted by Crippen LogP contribution is -2.15. The van der Waals surface area contributed by atoms with Crippen LogP contribution >= 0.6 is 11.6 Å². The molecule has 0 saturated carbocycles. The molecule has 8 heteroatoms. The zero-order chi connectivity index (χ0) is 17.1. The van der Waals surface area contributed by atoms with Gasteiger partial charge in [-0.05, 0) is 31.2 Å². The third-order valence-corrected chi connectivity index (χ3v) is 3.53. The molecule has 0 aromatic carbocycles. The number of rotatable bonds is 3. The van der Waals surface area contributed by atoms with Gasteiger partial charge in [-0.2, -0.15) is 5.26 Å². The topological polar surface area (TPSA) is 96.5 Å². The van der Waals surface area contributed by atoms with E-state index in [4.69, 9.17) is 16.9 Å². The maximum absolute atomic E-state index is 12.3. The van der Waals surface area contributed by atoms with Gasteiger partial charge in [0.25, 0.3) is 5.91 Å². The van der Waals surface area contributed by atoms with Crippen LogP contribution in [-0.2, 0) is 0 Å². The summed E-state index contributed by atoms with van der Waals surface area (Å²) in [7, 11) is 0. The Morgan fingerprint density at radius 3 is 2.88 bits per heavy atom. The molecule has 0 bridgehead atoms. The molecule has 3 heterocycles. The summed E-state index contributed by atoms with van der Waals surface area (Å²) < 4.78 is 1.47. The molecule has 3 aromatic rings. The van der Waals surface area contributed by atoms with Crippen molar-refractivity contribution in [2.75, 3.05) is 5.32 Å². The number of amides is 1. The van der Waals surface area contributed by atoms with Crippen LogP contribution in [0.2, 0.25) is 5.02 Å². The highest BCUT2D eigenvalue weighted by atomic mass is 35.5. The second-order valence-corrected chi connectivity index (χ2v) is 5.26. The van der Waals surface area contributed by atoms with E-state index < -0.39 is 0 Å². The lowest BCUT2D eigenvalue weighted by Gasteiger charge is -2.05. The van der Waals surface area contributed by atoms with Crippen LogP contribution in [0.1, 0.15) is 21.7 Å². The van der Waals surface area contributed by atoms with Crippen LogP contribution in [-0.4, -0.2) is 25.7 Å². The number of pyridine rings is 2. The molecule has 7 nitrogen and oxygen atoms in total.